The molecule has 2 aromatic rings. The number of hydrogen-bond donors (Lipinski definition) is 1. The van der Waals surface area contributed by atoms with Crippen molar-refractivity contribution >= 4 is 23.9 Å². The van der Waals surface area contributed by atoms with E-state index in [9.17, 15) is 4.79 Å². The van der Waals surface area contributed by atoms with Crippen LogP contribution in [0.4, 0.5) is 0 Å². The standard InChI is InChI=1S/C20H24N2O4S/c1-14(27-13-15-8-6-5-7-9-15)20(23)22-21-12-16-10-17(24-2)19(26-4)18(11-16)25-3/h5-12,14H,13H2,1-4H3,(H,22,23)/b21-12+. The molecule has 1 unspecified atom stereocenters. The predicted molar refractivity (Wildman–Crippen MR) is 109 cm³/mol. The van der Waals surface area contributed by atoms with Gasteiger partial charge in [-0.2, -0.15) is 5.10 Å². The predicted octanol–water partition coefficient (Wildman–Crippen LogP) is 3.48. The molecule has 1 atom stereocenters. The molecule has 144 valence electrons. The number of amides is 1. The number of nitrogens with one attached hydrogen (secondary N) is 1. The van der Waals surface area contributed by atoms with Crippen molar-refractivity contribution in [3.05, 3.63) is 53.6 Å². The fourth-order valence-corrected chi connectivity index (χ4v) is 3.15. The highest BCUT2D eigenvalue weighted by Gasteiger charge is 2.14. The summed E-state index contributed by atoms with van der Waals surface area (Å²) in [7, 11) is 4.64. The van der Waals surface area contributed by atoms with Crippen molar-refractivity contribution in [2.45, 2.75) is 17.9 Å². The lowest BCUT2D eigenvalue weighted by Gasteiger charge is -2.12. The molecule has 0 radical (unpaired) electrons. The summed E-state index contributed by atoms with van der Waals surface area (Å²) in [5.41, 5.74) is 4.47. The Morgan fingerprint density at radius 1 is 1.11 bits per heavy atom. The molecule has 0 aliphatic heterocycles. The van der Waals surface area contributed by atoms with Gasteiger partial charge in [0, 0.05) is 11.3 Å². The van der Waals surface area contributed by atoms with Gasteiger partial charge in [0.05, 0.1) is 32.8 Å². The molecule has 0 bridgehead atoms. The van der Waals surface area contributed by atoms with Crippen molar-refractivity contribution in [3.63, 3.8) is 0 Å². The molecule has 0 heterocycles. The molecule has 0 aliphatic rings. The zero-order valence-corrected chi connectivity index (χ0v) is 16.7. The molecule has 0 saturated carbocycles. The maximum absolute atomic E-state index is 12.2. The third kappa shape index (κ3) is 5.92. The maximum Gasteiger partial charge on any atom is 0.252 e. The minimum atomic E-state index is -0.220. The summed E-state index contributed by atoms with van der Waals surface area (Å²) < 4.78 is 15.9. The van der Waals surface area contributed by atoms with Crippen LogP contribution < -0.4 is 19.6 Å². The van der Waals surface area contributed by atoms with Crippen LogP contribution in [0.2, 0.25) is 0 Å². The second kappa shape index (κ2) is 10.5. The molecule has 0 saturated heterocycles. The first-order valence-corrected chi connectivity index (χ1v) is 9.42. The number of benzene rings is 2. The molecule has 6 nitrogen and oxygen atoms in total. The van der Waals surface area contributed by atoms with Crippen molar-refractivity contribution in [1.29, 1.82) is 0 Å². The summed E-state index contributed by atoms with van der Waals surface area (Å²) in [5, 5.41) is 3.81. The molecular formula is C20H24N2O4S. The lowest BCUT2D eigenvalue weighted by Crippen LogP contribution is -2.27. The van der Waals surface area contributed by atoms with Gasteiger partial charge in [0.2, 0.25) is 5.75 Å². The number of methoxy groups -OCH3 is 3. The highest BCUT2D eigenvalue weighted by molar-refractivity contribution is 7.99. The Balaban J connectivity index is 1.94. The van der Waals surface area contributed by atoms with Crippen LogP contribution in [0.5, 0.6) is 17.2 Å². The number of ether oxygens (including phenoxy) is 3. The number of hydrogen-bond acceptors (Lipinski definition) is 6. The lowest BCUT2D eigenvalue weighted by atomic mass is 10.2. The average molecular weight is 388 g/mol. The van der Waals surface area contributed by atoms with Crippen molar-refractivity contribution in [3.8, 4) is 17.2 Å². The van der Waals surface area contributed by atoms with E-state index in [1.807, 2.05) is 37.3 Å². The van der Waals surface area contributed by atoms with Gasteiger partial charge >= 0.3 is 0 Å². The van der Waals surface area contributed by atoms with Gasteiger partial charge in [-0.05, 0) is 24.6 Å². The molecule has 0 aromatic heterocycles. The highest BCUT2D eigenvalue weighted by atomic mass is 32.2. The van der Waals surface area contributed by atoms with Gasteiger partial charge in [-0.15, -0.1) is 11.8 Å². The van der Waals surface area contributed by atoms with Crippen LogP contribution in [-0.2, 0) is 10.5 Å². The quantitative estimate of drug-likeness (QED) is 0.526. The summed E-state index contributed by atoms with van der Waals surface area (Å²) in [5.74, 6) is 2.17. The van der Waals surface area contributed by atoms with Crippen molar-refractivity contribution in [1.82, 2.24) is 5.43 Å². The van der Waals surface area contributed by atoms with E-state index < -0.39 is 0 Å². The first-order chi connectivity index (χ1) is 13.1. The first kappa shape index (κ1) is 20.6. The zero-order valence-electron chi connectivity index (χ0n) is 15.9. The average Bonchev–Trinajstić information content (AvgIpc) is 2.71. The van der Waals surface area contributed by atoms with E-state index in [0.717, 1.165) is 11.3 Å². The number of hydrazone groups is 1. The van der Waals surface area contributed by atoms with Crippen LogP contribution in [-0.4, -0.2) is 38.7 Å². The van der Waals surface area contributed by atoms with Gasteiger partial charge in [0.15, 0.2) is 11.5 Å². The third-order valence-corrected chi connectivity index (χ3v) is 5.00. The molecule has 0 aliphatic carbocycles. The van der Waals surface area contributed by atoms with Crippen molar-refractivity contribution in [2.24, 2.45) is 5.10 Å². The summed E-state index contributed by atoms with van der Waals surface area (Å²) in [6.45, 7) is 1.86. The van der Waals surface area contributed by atoms with Crippen molar-refractivity contribution < 1.29 is 19.0 Å². The monoisotopic (exact) mass is 388 g/mol. The Morgan fingerprint density at radius 3 is 2.30 bits per heavy atom. The van der Waals surface area contributed by atoms with Gasteiger partial charge < -0.3 is 14.2 Å². The number of carbonyl (C=O) groups excluding carboxylic acids is 1. The van der Waals surface area contributed by atoms with Crippen molar-refractivity contribution in [2.75, 3.05) is 21.3 Å². The van der Waals surface area contributed by atoms with Crippen LogP contribution in [0.1, 0.15) is 18.1 Å². The SMILES string of the molecule is COc1cc(/C=N/NC(=O)C(C)SCc2ccccc2)cc(OC)c1OC. The van der Waals surface area contributed by atoms with Gasteiger partial charge in [0.25, 0.3) is 5.91 Å². The number of thioether (sulfide) groups is 1. The molecule has 2 rings (SSSR count). The van der Waals surface area contributed by atoms with Gasteiger partial charge in [-0.25, -0.2) is 5.43 Å². The summed E-state index contributed by atoms with van der Waals surface area (Å²) in [6.07, 6.45) is 1.54. The normalized spacial score (nSPS) is 11.9. The molecule has 1 N–H and O–H groups in total. The summed E-state index contributed by atoms with van der Waals surface area (Å²) >= 11 is 1.56. The fourth-order valence-electron chi connectivity index (χ4n) is 2.31. The summed E-state index contributed by atoms with van der Waals surface area (Å²) in [6, 6.07) is 13.5. The molecule has 0 spiro atoms. The van der Waals surface area contributed by atoms with E-state index in [0.29, 0.717) is 17.2 Å². The highest BCUT2D eigenvalue weighted by Crippen LogP contribution is 2.37. The smallest absolute Gasteiger partial charge is 0.252 e. The third-order valence-electron chi connectivity index (χ3n) is 3.79. The number of nitrogens with zero attached hydrogens (tertiary/aromatic N) is 1. The number of rotatable bonds is 9. The van der Waals surface area contributed by atoms with E-state index in [1.54, 1.807) is 45.2 Å². The first-order valence-electron chi connectivity index (χ1n) is 8.37. The van der Waals surface area contributed by atoms with E-state index in [2.05, 4.69) is 10.5 Å². The fraction of sp³-hybridized carbons (Fsp3) is 0.300. The van der Waals surface area contributed by atoms with E-state index in [-0.39, 0.29) is 11.2 Å². The molecule has 0 fully saturated rings. The van der Waals surface area contributed by atoms with Gasteiger partial charge in [-0.3, -0.25) is 4.79 Å². The van der Waals surface area contributed by atoms with E-state index in [4.69, 9.17) is 14.2 Å². The molecular weight excluding hydrogens is 364 g/mol. The molecule has 7 heteroatoms. The van der Waals surface area contributed by atoms with Crippen LogP contribution in [0.25, 0.3) is 0 Å². The van der Waals surface area contributed by atoms with Crippen LogP contribution in [0.3, 0.4) is 0 Å². The second-order valence-electron chi connectivity index (χ2n) is 5.63. The molecule has 1 amide bonds. The van der Waals surface area contributed by atoms with Crippen LogP contribution in [0, 0.1) is 0 Å². The topological polar surface area (TPSA) is 69.2 Å². The lowest BCUT2D eigenvalue weighted by molar-refractivity contribution is -0.120. The summed E-state index contributed by atoms with van der Waals surface area (Å²) in [4.78, 5) is 12.2. The van der Waals surface area contributed by atoms with E-state index >= 15 is 0 Å². The Bertz CT molecular complexity index is 756. The zero-order chi connectivity index (χ0) is 19.6. The minimum absolute atomic E-state index is 0.153. The molecule has 27 heavy (non-hydrogen) atoms. The second-order valence-corrected chi connectivity index (χ2v) is 6.96. The Morgan fingerprint density at radius 2 is 1.74 bits per heavy atom. The maximum atomic E-state index is 12.2. The van der Waals surface area contributed by atoms with Gasteiger partial charge in [-0.1, -0.05) is 30.3 Å². The van der Waals surface area contributed by atoms with Gasteiger partial charge in [0.1, 0.15) is 0 Å². The Hall–Kier alpha value is -2.67. The minimum Gasteiger partial charge on any atom is -0.493 e. The largest absolute Gasteiger partial charge is 0.493 e. The number of carbonyl (C=O) groups is 1. The van der Waals surface area contributed by atoms with E-state index in [1.165, 1.54) is 11.8 Å². The molecule has 2 aromatic carbocycles. The Labute approximate surface area is 163 Å². The van der Waals surface area contributed by atoms with Crippen LogP contribution in [0.15, 0.2) is 47.6 Å². The van der Waals surface area contributed by atoms with Crippen LogP contribution >= 0.6 is 11.8 Å². The Kier molecular flexibility index (Phi) is 8.00.